The topological polar surface area (TPSA) is 89.9 Å². The van der Waals surface area contributed by atoms with Crippen molar-refractivity contribution in [1.29, 1.82) is 0 Å². The number of halogens is 1. The van der Waals surface area contributed by atoms with Gasteiger partial charge in [0.25, 0.3) is 0 Å². The molecule has 4 rings (SSSR count). The molecule has 0 aromatic heterocycles. The second kappa shape index (κ2) is 11.6. The lowest BCUT2D eigenvalue weighted by molar-refractivity contribution is -0.137. The SMILES string of the molecule is COc1ccc(F)c(-c2ccc(COc3cccc(C(CC(=O)O)CC4CC4)c3)cc2S(=O)(=O)C(C)C)c1. The third-order valence-corrected chi connectivity index (χ3v) is 9.10. The van der Waals surface area contributed by atoms with Crippen LogP contribution in [-0.4, -0.2) is 31.9 Å². The smallest absolute Gasteiger partial charge is 0.303 e. The van der Waals surface area contributed by atoms with E-state index in [1.165, 1.54) is 31.4 Å². The summed E-state index contributed by atoms with van der Waals surface area (Å²) < 4.78 is 52.6. The summed E-state index contributed by atoms with van der Waals surface area (Å²) >= 11 is 0. The summed E-state index contributed by atoms with van der Waals surface area (Å²) in [7, 11) is -2.28. The lowest BCUT2D eigenvalue weighted by Gasteiger charge is -2.18. The average molecular weight is 541 g/mol. The summed E-state index contributed by atoms with van der Waals surface area (Å²) in [5.74, 6) is 0.123. The van der Waals surface area contributed by atoms with Crippen molar-refractivity contribution in [2.45, 2.75) is 62.2 Å². The molecule has 202 valence electrons. The first-order chi connectivity index (χ1) is 18.1. The fraction of sp³-hybridized carbons (Fsp3) is 0.367. The number of hydrogen-bond donors (Lipinski definition) is 1. The Balaban J connectivity index is 1.62. The van der Waals surface area contributed by atoms with Crippen LogP contribution < -0.4 is 9.47 Å². The lowest BCUT2D eigenvalue weighted by Crippen LogP contribution is -2.16. The van der Waals surface area contributed by atoms with Gasteiger partial charge in [-0.1, -0.05) is 37.1 Å². The molecule has 0 bridgehead atoms. The Labute approximate surface area is 223 Å². The van der Waals surface area contributed by atoms with Gasteiger partial charge in [-0.25, -0.2) is 12.8 Å². The van der Waals surface area contributed by atoms with Gasteiger partial charge in [-0.3, -0.25) is 4.79 Å². The maximum atomic E-state index is 14.8. The van der Waals surface area contributed by atoms with Crippen LogP contribution in [0.25, 0.3) is 11.1 Å². The number of carboxylic acids is 1. The predicted molar refractivity (Wildman–Crippen MR) is 144 cm³/mol. The van der Waals surface area contributed by atoms with E-state index in [1.807, 2.05) is 18.2 Å². The molecule has 1 aliphatic rings. The second-order valence-electron chi connectivity index (χ2n) is 10.1. The Kier molecular flexibility index (Phi) is 8.41. The molecule has 3 aromatic carbocycles. The molecule has 8 heteroatoms. The number of sulfone groups is 1. The van der Waals surface area contributed by atoms with Crippen LogP contribution in [0.2, 0.25) is 0 Å². The maximum Gasteiger partial charge on any atom is 0.303 e. The quantitative estimate of drug-likeness (QED) is 0.278. The van der Waals surface area contributed by atoms with Crippen LogP contribution in [0, 0.1) is 11.7 Å². The summed E-state index contributed by atoms with van der Waals surface area (Å²) in [6, 6.07) is 16.5. The van der Waals surface area contributed by atoms with Gasteiger partial charge in [-0.05, 0) is 79.6 Å². The van der Waals surface area contributed by atoms with E-state index in [1.54, 1.807) is 32.0 Å². The van der Waals surface area contributed by atoms with Crippen LogP contribution in [-0.2, 0) is 21.2 Å². The van der Waals surface area contributed by atoms with Crippen LogP contribution in [0.3, 0.4) is 0 Å². The van der Waals surface area contributed by atoms with Crippen molar-refractivity contribution in [2.24, 2.45) is 5.92 Å². The van der Waals surface area contributed by atoms with Gasteiger partial charge in [0.2, 0.25) is 0 Å². The van der Waals surface area contributed by atoms with Gasteiger partial charge in [0.05, 0.1) is 23.7 Å². The van der Waals surface area contributed by atoms with Gasteiger partial charge in [0.1, 0.15) is 23.9 Å². The van der Waals surface area contributed by atoms with Crippen molar-refractivity contribution in [3.63, 3.8) is 0 Å². The molecule has 1 N–H and O–H groups in total. The molecular formula is C30H33FO6S. The molecule has 1 unspecified atom stereocenters. The first-order valence-corrected chi connectivity index (χ1v) is 14.3. The summed E-state index contributed by atoms with van der Waals surface area (Å²) in [6.45, 7) is 3.27. The molecule has 6 nitrogen and oxygen atoms in total. The zero-order valence-electron chi connectivity index (χ0n) is 21.8. The van der Waals surface area contributed by atoms with E-state index in [0.717, 1.165) is 24.8 Å². The number of hydrogen-bond acceptors (Lipinski definition) is 5. The third kappa shape index (κ3) is 6.54. The molecule has 0 aliphatic heterocycles. The Morgan fingerprint density at radius 1 is 1.03 bits per heavy atom. The maximum absolute atomic E-state index is 14.8. The highest BCUT2D eigenvalue weighted by Gasteiger charge is 2.28. The summed E-state index contributed by atoms with van der Waals surface area (Å²) in [5, 5.41) is 8.66. The van der Waals surface area contributed by atoms with Crippen LogP contribution >= 0.6 is 0 Å². The van der Waals surface area contributed by atoms with Crippen LogP contribution in [0.4, 0.5) is 4.39 Å². The van der Waals surface area contributed by atoms with E-state index in [-0.39, 0.29) is 35.0 Å². The number of aliphatic carboxylic acids is 1. The Morgan fingerprint density at radius 2 is 1.79 bits per heavy atom. The van der Waals surface area contributed by atoms with Gasteiger partial charge >= 0.3 is 5.97 Å². The standard InChI is InChI=1S/C30H33FO6S/c1-19(2)38(34,35)29-14-21(9-11-26(29)27-17-24(36-3)10-12-28(27)31)18-37-25-6-4-5-22(15-25)23(16-30(32)33)13-20-7-8-20/h4-6,9-12,14-15,17,19-20,23H,7-8,13,16,18H2,1-3H3,(H,32,33). The van der Waals surface area contributed by atoms with Crippen molar-refractivity contribution in [3.8, 4) is 22.6 Å². The largest absolute Gasteiger partial charge is 0.497 e. The van der Waals surface area contributed by atoms with Crippen molar-refractivity contribution in [2.75, 3.05) is 7.11 Å². The van der Waals surface area contributed by atoms with Gasteiger partial charge < -0.3 is 14.6 Å². The Morgan fingerprint density at radius 3 is 2.45 bits per heavy atom. The molecule has 0 amide bonds. The Hall–Kier alpha value is -3.39. The first-order valence-electron chi connectivity index (χ1n) is 12.7. The minimum atomic E-state index is -3.75. The number of ether oxygens (including phenoxy) is 2. The second-order valence-corrected chi connectivity index (χ2v) is 12.6. The predicted octanol–water partition coefficient (Wildman–Crippen LogP) is 6.62. The summed E-state index contributed by atoms with van der Waals surface area (Å²) in [6.07, 6.45) is 3.19. The number of rotatable bonds is 12. The Bertz CT molecular complexity index is 1410. The van der Waals surface area contributed by atoms with Crippen molar-refractivity contribution < 1.29 is 32.2 Å². The first kappa shape index (κ1) is 27.6. The lowest BCUT2D eigenvalue weighted by atomic mass is 9.90. The molecule has 1 atom stereocenters. The van der Waals surface area contributed by atoms with E-state index >= 15 is 0 Å². The van der Waals surface area contributed by atoms with E-state index < -0.39 is 26.9 Å². The molecule has 3 aromatic rings. The zero-order valence-corrected chi connectivity index (χ0v) is 22.6. The van der Waals surface area contributed by atoms with Crippen LogP contribution in [0.1, 0.15) is 56.6 Å². The fourth-order valence-corrected chi connectivity index (χ4v) is 5.84. The van der Waals surface area contributed by atoms with E-state index in [9.17, 15) is 22.7 Å². The number of carboxylic acid groups (broad SMARTS) is 1. The molecule has 0 heterocycles. The number of methoxy groups -OCH3 is 1. The average Bonchev–Trinajstić information content (AvgIpc) is 3.71. The molecule has 0 saturated heterocycles. The van der Waals surface area contributed by atoms with Crippen molar-refractivity contribution in [1.82, 2.24) is 0 Å². The van der Waals surface area contributed by atoms with Crippen LogP contribution in [0.15, 0.2) is 65.6 Å². The normalized spacial score (nSPS) is 14.3. The summed E-state index contributed by atoms with van der Waals surface area (Å²) in [5.41, 5.74) is 1.94. The minimum Gasteiger partial charge on any atom is -0.497 e. The highest BCUT2D eigenvalue weighted by molar-refractivity contribution is 7.92. The zero-order chi connectivity index (χ0) is 27.4. The molecule has 1 fully saturated rings. The van der Waals surface area contributed by atoms with E-state index in [0.29, 0.717) is 23.0 Å². The number of carbonyl (C=O) groups is 1. The highest BCUT2D eigenvalue weighted by Crippen LogP contribution is 2.40. The number of benzene rings is 3. The fourth-order valence-electron chi connectivity index (χ4n) is 4.54. The van der Waals surface area contributed by atoms with Gasteiger partial charge in [-0.2, -0.15) is 0 Å². The molecule has 1 aliphatic carbocycles. The van der Waals surface area contributed by atoms with Gasteiger partial charge in [0.15, 0.2) is 9.84 Å². The van der Waals surface area contributed by atoms with Crippen LogP contribution in [0.5, 0.6) is 11.5 Å². The molecular weight excluding hydrogens is 507 g/mol. The highest BCUT2D eigenvalue weighted by atomic mass is 32.2. The summed E-state index contributed by atoms with van der Waals surface area (Å²) in [4.78, 5) is 11.4. The van der Waals surface area contributed by atoms with Gasteiger partial charge in [-0.15, -0.1) is 0 Å². The third-order valence-electron chi connectivity index (χ3n) is 6.91. The van der Waals surface area contributed by atoms with E-state index in [2.05, 4.69) is 0 Å². The molecule has 1 saturated carbocycles. The molecule has 0 radical (unpaired) electrons. The van der Waals surface area contributed by atoms with Gasteiger partial charge in [0, 0.05) is 11.1 Å². The van der Waals surface area contributed by atoms with Crippen molar-refractivity contribution in [3.05, 3.63) is 77.6 Å². The molecule has 38 heavy (non-hydrogen) atoms. The monoisotopic (exact) mass is 540 g/mol. The molecule has 0 spiro atoms. The minimum absolute atomic E-state index is 0.0282. The van der Waals surface area contributed by atoms with E-state index in [4.69, 9.17) is 9.47 Å². The van der Waals surface area contributed by atoms with Crippen molar-refractivity contribution >= 4 is 15.8 Å².